The van der Waals surface area contributed by atoms with Crippen LogP contribution in [-0.2, 0) is 9.53 Å². The summed E-state index contributed by atoms with van der Waals surface area (Å²) in [5, 5.41) is 0. The third kappa shape index (κ3) is 0.561. The number of carbonyl (C=O) groups excluding carboxylic acids is 1. The Morgan fingerprint density at radius 2 is 2.50 bits per heavy atom. The number of fused-ring (bicyclic) bond motifs is 1. The number of ether oxygens (including phenoxy) is 1. The highest BCUT2D eigenvalue weighted by Gasteiger charge is 2.38. The van der Waals surface area contributed by atoms with Gasteiger partial charge >= 0.3 is 5.97 Å². The van der Waals surface area contributed by atoms with Crippen molar-refractivity contribution in [3.8, 4) is 0 Å². The first kappa shape index (κ1) is 5.71. The molecule has 10 heavy (non-hydrogen) atoms. The topological polar surface area (TPSA) is 26.3 Å². The average molecular weight is 136 g/mol. The van der Waals surface area contributed by atoms with Gasteiger partial charge in [-0.05, 0) is 0 Å². The molecule has 1 fully saturated rings. The van der Waals surface area contributed by atoms with Crippen LogP contribution in [0.1, 0.15) is 6.42 Å². The summed E-state index contributed by atoms with van der Waals surface area (Å²) in [6.45, 7) is 3.65. The van der Waals surface area contributed by atoms with Gasteiger partial charge in [-0.2, -0.15) is 0 Å². The zero-order valence-corrected chi connectivity index (χ0v) is 5.54. The van der Waals surface area contributed by atoms with Crippen molar-refractivity contribution in [1.29, 1.82) is 0 Å². The molecule has 0 amide bonds. The fourth-order valence-electron chi connectivity index (χ4n) is 1.44. The first-order valence-corrected chi connectivity index (χ1v) is 3.35. The molecule has 2 nitrogen and oxygen atoms in total. The van der Waals surface area contributed by atoms with Crippen molar-refractivity contribution in [2.45, 2.75) is 12.5 Å². The maximum absolute atomic E-state index is 10.8. The van der Waals surface area contributed by atoms with Crippen LogP contribution in [0.3, 0.4) is 0 Å². The Morgan fingerprint density at radius 3 is 3.20 bits per heavy atom. The van der Waals surface area contributed by atoms with Crippen LogP contribution in [0.5, 0.6) is 0 Å². The van der Waals surface area contributed by atoms with Crippen molar-refractivity contribution >= 4 is 5.97 Å². The van der Waals surface area contributed by atoms with Crippen LogP contribution in [0.15, 0.2) is 24.3 Å². The second-order valence-electron chi connectivity index (χ2n) is 2.66. The number of rotatable bonds is 0. The number of hydrogen-bond acceptors (Lipinski definition) is 2. The SMILES string of the molecule is C=C1C(=O)OC2CC=CC12. The second kappa shape index (κ2) is 1.72. The summed E-state index contributed by atoms with van der Waals surface area (Å²) in [7, 11) is 0. The number of carbonyl (C=O) groups is 1. The van der Waals surface area contributed by atoms with Crippen LogP contribution in [0.25, 0.3) is 0 Å². The summed E-state index contributed by atoms with van der Waals surface area (Å²) < 4.78 is 5.00. The van der Waals surface area contributed by atoms with Gasteiger partial charge in [0.1, 0.15) is 6.10 Å². The van der Waals surface area contributed by atoms with Gasteiger partial charge in [-0.3, -0.25) is 0 Å². The molecule has 1 heterocycles. The fraction of sp³-hybridized carbons (Fsp3) is 0.375. The van der Waals surface area contributed by atoms with E-state index in [1.807, 2.05) is 12.2 Å². The van der Waals surface area contributed by atoms with Crippen LogP contribution >= 0.6 is 0 Å². The Morgan fingerprint density at radius 1 is 1.70 bits per heavy atom. The highest BCUT2D eigenvalue weighted by Crippen LogP contribution is 2.34. The lowest BCUT2D eigenvalue weighted by molar-refractivity contribution is -0.138. The van der Waals surface area contributed by atoms with Crippen LogP contribution in [0, 0.1) is 5.92 Å². The van der Waals surface area contributed by atoms with E-state index in [1.54, 1.807) is 0 Å². The van der Waals surface area contributed by atoms with E-state index in [0.29, 0.717) is 5.57 Å². The normalized spacial score (nSPS) is 36.4. The minimum Gasteiger partial charge on any atom is -0.458 e. The van der Waals surface area contributed by atoms with E-state index in [0.717, 1.165) is 6.42 Å². The largest absolute Gasteiger partial charge is 0.458 e. The van der Waals surface area contributed by atoms with Gasteiger partial charge in [0.05, 0.1) is 0 Å². The predicted octanol–water partition coefficient (Wildman–Crippen LogP) is 1.04. The van der Waals surface area contributed by atoms with Gasteiger partial charge in [-0.15, -0.1) is 0 Å². The molecule has 1 aliphatic heterocycles. The molecule has 0 aromatic rings. The van der Waals surface area contributed by atoms with Gasteiger partial charge in [0.2, 0.25) is 0 Å². The summed E-state index contributed by atoms with van der Waals surface area (Å²) >= 11 is 0. The van der Waals surface area contributed by atoms with Crippen molar-refractivity contribution in [3.05, 3.63) is 24.3 Å². The smallest absolute Gasteiger partial charge is 0.334 e. The highest BCUT2D eigenvalue weighted by molar-refractivity contribution is 5.91. The fourth-order valence-corrected chi connectivity index (χ4v) is 1.44. The van der Waals surface area contributed by atoms with Gasteiger partial charge < -0.3 is 4.74 Å². The zero-order chi connectivity index (χ0) is 7.14. The molecular formula is C8H8O2. The Bertz CT molecular complexity index is 227. The minimum absolute atomic E-state index is 0.0694. The standard InChI is InChI=1S/C8H8O2/c1-5-6-3-2-4-7(6)10-8(5)9/h2-3,6-7H,1,4H2. The summed E-state index contributed by atoms with van der Waals surface area (Å²) in [5.74, 6) is -0.0492. The summed E-state index contributed by atoms with van der Waals surface area (Å²) in [4.78, 5) is 10.8. The third-order valence-corrected chi connectivity index (χ3v) is 2.04. The molecule has 0 radical (unpaired) electrons. The molecule has 0 aromatic carbocycles. The van der Waals surface area contributed by atoms with Gasteiger partial charge in [-0.1, -0.05) is 18.7 Å². The van der Waals surface area contributed by atoms with Gasteiger partial charge in [0.25, 0.3) is 0 Å². The monoisotopic (exact) mass is 136 g/mol. The molecule has 0 N–H and O–H groups in total. The van der Waals surface area contributed by atoms with E-state index < -0.39 is 0 Å². The lowest BCUT2D eigenvalue weighted by Gasteiger charge is -2.03. The Labute approximate surface area is 59.2 Å². The minimum atomic E-state index is -0.223. The number of esters is 1. The van der Waals surface area contributed by atoms with E-state index in [9.17, 15) is 4.79 Å². The molecule has 2 rings (SSSR count). The first-order valence-electron chi connectivity index (χ1n) is 3.35. The molecule has 52 valence electrons. The molecule has 2 atom stereocenters. The van der Waals surface area contributed by atoms with Crippen molar-refractivity contribution in [1.82, 2.24) is 0 Å². The van der Waals surface area contributed by atoms with Crippen LogP contribution in [0.4, 0.5) is 0 Å². The molecule has 2 unspecified atom stereocenters. The molecule has 0 saturated carbocycles. The van der Waals surface area contributed by atoms with Gasteiger partial charge in [0, 0.05) is 17.9 Å². The second-order valence-corrected chi connectivity index (χ2v) is 2.66. The average Bonchev–Trinajstić information content (AvgIpc) is 2.41. The number of hydrogen-bond donors (Lipinski definition) is 0. The molecule has 2 heteroatoms. The zero-order valence-electron chi connectivity index (χ0n) is 5.54. The van der Waals surface area contributed by atoms with Gasteiger partial charge in [-0.25, -0.2) is 4.79 Å². The molecule has 0 aromatic heterocycles. The molecule has 1 saturated heterocycles. The molecule has 0 spiro atoms. The molecule has 1 aliphatic carbocycles. The highest BCUT2D eigenvalue weighted by atomic mass is 16.6. The van der Waals surface area contributed by atoms with Crippen molar-refractivity contribution in [2.75, 3.05) is 0 Å². The van der Waals surface area contributed by atoms with E-state index in [1.165, 1.54) is 0 Å². The lowest BCUT2D eigenvalue weighted by Crippen LogP contribution is -2.07. The van der Waals surface area contributed by atoms with E-state index in [4.69, 9.17) is 4.74 Å². The van der Waals surface area contributed by atoms with Crippen LogP contribution < -0.4 is 0 Å². The van der Waals surface area contributed by atoms with Crippen LogP contribution in [0.2, 0.25) is 0 Å². The van der Waals surface area contributed by atoms with Crippen molar-refractivity contribution < 1.29 is 9.53 Å². The first-order chi connectivity index (χ1) is 4.79. The maximum Gasteiger partial charge on any atom is 0.334 e. The summed E-state index contributed by atoms with van der Waals surface area (Å²) in [6.07, 6.45) is 4.96. The quantitative estimate of drug-likeness (QED) is 0.282. The van der Waals surface area contributed by atoms with Gasteiger partial charge in [0.15, 0.2) is 0 Å². The lowest BCUT2D eigenvalue weighted by atomic mass is 10.0. The summed E-state index contributed by atoms with van der Waals surface area (Å²) in [5.41, 5.74) is 0.610. The molecule has 0 bridgehead atoms. The van der Waals surface area contributed by atoms with Crippen molar-refractivity contribution in [2.24, 2.45) is 5.92 Å². The Balaban J connectivity index is 2.31. The van der Waals surface area contributed by atoms with E-state index in [2.05, 4.69) is 6.58 Å². The van der Waals surface area contributed by atoms with E-state index in [-0.39, 0.29) is 18.0 Å². The van der Waals surface area contributed by atoms with Crippen molar-refractivity contribution in [3.63, 3.8) is 0 Å². The third-order valence-electron chi connectivity index (χ3n) is 2.04. The Kier molecular flexibility index (Phi) is 0.982. The maximum atomic E-state index is 10.8. The molecule has 2 aliphatic rings. The Hall–Kier alpha value is -1.05. The van der Waals surface area contributed by atoms with Crippen LogP contribution in [-0.4, -0.2) is 12.1 Å². The predicted molar refractivity (Wildman–Crippen MR) is 36.3 cm³/mol. The van der Waals surface area contributed by atoms with E-state index >= 15 is 0 Å². The summed E-state index contributed by atoms with van der Waals surface area (Å²) in [6, 6.07) is 0. The molecular weight excluding hydrogens is 128 g/mol.